The lowest BCUT2D eigenvalue weighted by Gasteiger charge is -2.14. The van der Waals surface area contributed by atoms with Gasteiger partial charge in [0.2, 0.25) is 0 Å². The van der Waals surface area contributed by atoms with Crippen molar-refractivity contribution in [3.63, 3.8) is 0 Å². The van der Waals surface area contributed by atoms with E-state index in [4.69, 9.17) is 15.7 Å². The maximum Gasteiger partial charge on any atom is 0.161 e. The van der Waals surface area contributed by atoms with E-state index in [-0.39, 0.29) is 11.9 Å². The fraction of sp³-hybridized carbons (Fsp3) is 0.300. The summed E-state index contributed by atoms with van der Waals surface area (Å²) in [5, 5.41) is 14.5. The topological polar surface area (TPSA) is 79.9 Å². The zero-order valence-corrected chi connectivity index (χ0v) is 10.7. The van der Waals surface area contributed by atoms with E-state index >= 15 is 0 Å². The standard InChI is InChI=1S/C10H14BrN3O2/c1-6(10(12)14-15)13-7-3-4-8(11)9(5-7)16-2/h3-6,13,15H,1-2H3,(H2,12,14). The second-order valence-corrected chi connectivity index (χ2v) is 4.09. The number of nitrogens with one attached hydrogen (secondary N) is 1. The molecular formula is C10H14BrN3O2. The van der Waals surface area contributed by atoms with Crippen molar-refractivity contribution in [2.24, 2.45) is 10.9 Å². The highest BCUT2D eigenvalue weighted by Gasteiger charge is 2.08. The molecule has 0 saturated carbocycles. The summed E-state index contributed by atoms with van der Waals surface area (Å²) in [6.45, 7) is 1.80. The lowest BCUT2D eigenvalue weighted by molar-refractivity contribution is 0.316. The van der Waals surface area contributed by atoms with Crippen molar-refractivity contribution < 1.29 is 9.94 Å². The Kier molecular flexibility index (Phi) is 4.42. The van der Waals surface area contributed by atoms with E-state index in [1.165, 1.54) is 0 Å². The number of rotatable bonds is 4. The molecule has 0 amide bonds. The van der Waals surface area contributed by atoms with Crippen LogP contribution in [0.15, 0.2) is 27.8 Å². The van der Waals surface area contributed by atoms with Crippen LogP contribution in [0.4, 0.5) is 5.69 Å². The largest absolute Gasteiger partial charge is 0.495 e. The molecule has 0 heterocycles. The number of nitrogens with zero attached hydrogens (tertiary/aromatic N) is 1. The molecule has 0 radical (unpaired) electrons. The quantitative estimate of drug-likeness (QED) is 0.343. The molecule has 16 heavy (non-hydrogen) atoms. The Balaban J connectivity index is 2.82. The Hall–Kier alpha value is -1.43. The molecule has 88 valence electrons. The molecule has 1 aromatic carbocycles. The monoisotopic (exact) mass is 287 g/mol. The second-order valence-electron chi connectivity index (χ2n) is 3.24. The van der Waals surface area contributed by atoms with Gasteiger partial charge in [0, 0.05) is 11.8 Å². The molecule has 1 aromatic rings. The number of ether oxygens (including phenoxy) is 1. The molecule has 1 unspecified atom stereocenters. The third-order valence-electron chi connectivity index (χ3n) is 2.09. The number of hydrogen-bond donors (Lipinski definition) is 3. The second kappa shape index (κ2) is 5.60. The average molecular weight is 288 g/mol. The Labute approximate surface area is 102 Å². The van der Waals surface area contributed by atoms with E-state index in [0.717, 1.165) is 15.9 Å². The van der Waals surface area contributed by atoms with Gasteiger partial charge in [-0.2, -0.15) is 0 Å². The van der Waals surface area contributed by atoms with Crippen molar-refractivity contribution in [2.75, 3.05) is 12.4 Å². The first kappa shape index (κ1) is 12.6. The Morgan fingerprint density at radius 2 is 2.31 bits per heavy atom. The lowest BCUT2D eigenvalue weighted by atomic mass is 10.2. The first-order valence-electron chi connectivity index (χ1n) is 4.66. The van der Waals surface area contributed by atoms with E-state index in [0.29, 0.717) is 0 Å². The zero-order chi connectivity index (χ0) is 12.1. The lowest BCUT2D eigenvalue weighted by Crippen LogP contribution is -2.32. The van der Waals surface area contributed by atoms with Gasteiger partial charge >= 0.3 is 0 Å². The minimum absolute atomic E-state index is 0.127. The van der Waals surface area contributed by atoms with Crippen molar-refractivity contribution in [1.82, 2.24) is 0 Å². The summed E-state index contributed by atoms with van der Waals surface area (Å²) >= 11 is 3.36. The molecule has 0 saturated heterocycles. The van der Waals surface area contributed by atoms with Gasteiger partial charge in [0.1, 0.15) is 5.75 Å². The molecule has 6 heteroatoms. The predicted octanol–water partition coefficient (Wildman–Crippen LogP) is 2.00. The number of oxime groups is 1. The fourth-order valence-electron chi connectivity index (χ4n) is 1.16. The van der Waals surface area contributed by atoms with Crippen LogP contribution >= 0.6 is 15.9 Å². The Morgan fingerprint density at radius 1 is 1.62 bits per heavy atom. The molecule has 5 nitrogen and oxygen atoms in total. The van der Waals surface area contributed by atoms with Crippen LogP contribution in [0.5, 0.6) is 5.75 Å². The highest BCUT2D eigenvalue weighted by atomic mass is 79.9. The molecule has 4 N–H and O–H groups in total. The third kappa shape index (κ3) is 3.03. The highest BCUT2D eigenvalue weighted by molar-refractivity contribution is 9.10. The SMILES string of the molecule is COc1cc(NC(C)/C(N)=N/O)ccc1Br. The molecule has 0 aromatic heterocycles. The van der Waals surface area contributed by atoms with Gasteiger partial charge in [0.25, 0.3) is 0 Å². The van der Waals surface area contributed by atoms with Gasteiger partial charge in [-0.15, -0.1) is 0 Å². The van der Waals surface area contributed by atoms with Gasteiger partial charge in [-0.25, -0.2) is 0 Å². The average Bonchev–Trinajstić information content (AvgIpc) is 2.30. The van der Waals surface area contributed by atoms with E-state index < -0.39 is 0 Å². The number of halogens is 1. The van der Waals surface area contributed by atoms with Crippen LogP contribution in [0, 0.1) is 0 Å². The third-order valence-corrected chi connectivity index (χ3v) is 2.75. The van der Waals surface area contributed by atoms with Crippen molar-refractivity contribution in [2.45, 2.75) is 13.0 Å². The van der Waals surface area contributed by atoms with Crippen LogP contribution in [-0.2, 0) is 0 Å². The van der Waals surface area contributed by atoms with Crippen molar-refractivity contribution in [3.05, 3.63) is 22.7 Å². The zero-order valence-electron chi connectivity index (χ0n) is 9.07. The van der Waals surface area contributed by atoms with E-state index in [1.807, 2.05) is 18.2 Å². The summed E-state index contributed by atoms with van der Waals surface area (Å²) in [6, 6.07) is 5.30. The first-order chi connectivity index (χ1) is 7.58. The molecule has 0 aliphatic heterocycles. The smallest absolute Gasteiger partial charge is 0.161 e. The summed E-state index contributed by atoms with van der Waals surface area (Å²) in [5.41, 5.74) is 6.29. The van der Waals surface area contributed by atoms with Crippen molar-refractivity contribution >= 4 is 27.5 Å². The minimum Gasteiger partial charge on any atom is -0.495 e. The number of nitrogens with two attached hydrogens (primary N) is 1. The van der Waals surface area contributed by atoms with Gasteiger partial charge in [-0.1, -0.05) is 5.16 Å². The van der Waals surface area contributed by atoms with Gasteiger partial charge in [0.05, 0.1) is 17.6 Å². The molecule has 0 bridgehead atoms. The maximum atomic E-state index is 8.52. The Bertz CT molecular complexity index is 396. The van der Waals surface area contributed by atoms with Crippen molar-refractivity contribution in [3.8, 4) is 5.75 Å². The number of hydrogen-bond acceptors (Lipinski definition) is 4. The summed E-state index contributed by atoms with van der Waals surface area (Å²) in [6.07, 6.45) is 0. The number of amidine groups is 1. The molecule has 0 aliphatic carbocycles. The summed E-state index contributed by atoms with van der Waals surface area (Å²) < 4.78 is 6.03. The molecule has 0 aliphatic rings. The molecular weight excluding hydrogens is 274 g/mol. The van der Waals surface area contributed by atoms with Gasteiger partial charge < -0.3 is 21.0 Å². The van der Waals surface area contributed by atoms with E-state index in [1.54, 1.807) is 14.0 Å². The first-order valence-corrected chi connectivity index (χ1v) is 5.45. The minimum atomic E-state index is -0.254. The molecule has 0 spiro atoms. The van der Waals surface area contributed by atoms with Gasteiger partial charge in [-0.3, -0.25) is 0 Å². The normalized spacial score (nSPS) is 13.3. The van der Waals surface area contributed by atoms with Crippen LogP contribution < -0.4 is 15.8 Å². The predicted molar refractivity (Wildman–Crippen MR) is 67.2 cm³/mol. The molecule has 0 fully saturated rings. The Morgan fingerprint density at radius 3 is 2.88 bits per heavy atom. The fourth-order valence-corrected chi connectivity index (χ4v) is 1.57. The van der Waals surface area contributed by atoms with Crippen LogP contribution in [0.3, 0.4) is 0 Å². The van der Waals surface area contributed by atoms with Crippen LogP contribution in [-0.4, -0.2) is 24.2 Å². The van der Waals surface area contributed by atoms with Crippen LogP contribution in [0.25, 0.3) is 0 Å². The summed E-state index contributed by atoms with van der Waals surface area (Å²) in [7, 11) is 1.59. The molecule has 1 rings (SSSR count). The van der Waals surface area contributed by atoms with Crippen LogP contribution in [0.1, 0.15) is 6.92 Å². The molecule has 1 atom stereocenters. The van der Waals surface area contributed by atoms with Crippen molar-refractivity contribution in [1.29, 1.82) is 0 Å². The number of benzene rings is 1. The number of anilines is 1. The van der Waals surface area contributed by atoms with Crippen LogP contribution in [0.2, 0.25) is 0 Å². The van der Waals surface area contributed by atoms with Gasteiger partial charge in [-0.05, 0) is 35.0 Å². The van der Waals surface area contributed by atoms with E-state index in [2.05, 4.69) is 26.4 Å². The maximum absolute atomic E-state index is 8.52. The number of methoxy groups -OCH3 is 1. The highest BCUT2D eigenvalue weighted by Crippen LogP contribution is 2.28. The summed E-state index contributed by atoms with van der Waals surface area (Å²) in [5.74, 6) is 0.846. The van der Waals surface area contributed by atoms with E-state index in [9.17, 15) is 0 Å². The summed E-state index contributed by atoms with van der Waals surface area (Å²) in [4.78, 5) is 0. The van der Waals surface area contributed by atoms with Gasteiger partial charge in [0.15, 0.2) is 5.84 Å².